The van der Waals surface area contributed by atoms with E-state index < -0.39 is 0 Å². The molecule has 1 fully saturated rings. The number of rotatable bonds is 10. The predicted octanol–water partition coefficient (Wildman–Crippen LogP) is 6.85. The van der Waals surface area contributed by atoms with Crippen LogP contribution in [0.5, 0.6) is 0 Å². The zero-order chi connectivity index (χ0) is 26.9. The number of urea groups is 1. The van der Waals surface area contributed by atoms with Gasteiger partial charge in [-0.15, -0.1) is 11.3 Å². The van der Waals surface area contributed by atoms with Gasteiger partial charge in [0.2, 0.25) is 0 Å². The second kappa shape index (κ2) is 13.7. The van der Waals surface area contributed by atoms with E-state index in [9.17, 15) is 4.79 Å². The summed E-state index contributed by atoms with van der Waals surface area (Å²) in [6, 6.07) is 28.5. The molecule has 1 saturated heterocycles. The number of anilines is 1. The van der Waals surface area contributed by atoms with Gasteiger partial charge in [-0.1, -0.05) is 84.4 Å². The van der Waals surface area contributed by atoms with Crippen LogP contribution < -0.4 is 5.32 Å². The average molecular weight is 561 g/mol. The van der Waals surface area contributed by atoms with Crippen LogP contribution in [0, 0.1) is 0 Å². The van der Waals surface area contributed by atoms with Crippen molar-refractivity contribution in [1.29, 1.82) is 0 Å². The van der Waals surface area contributed by atoms with Crippen molar-refractivity contribution < 1.29 is 9.53 Å². The molecular weight excluding hydrogens is 528 g/mol. The molecule has 0 aliphatic carbocycles. The van der Waals surface area contributed by atoms with Crippen molar-refractivity contribution in [3.8, 4) is 11.3 Å². The summed E-state index contributed by atoms with van der Waals surface area (Å²) < 4.78 is 5.51. The summed E-state index contributed by atoms with van der Waals surface area (Å²) in [4.78, 5) is 22.5. The molecular formula is C31H33ClN4O2S. The number of thiazole rings is 1. The van der Waals surface area contributed by atoms with Crippen LogP contribution in [-0.2, 0) is 4.74 Å². The Balaban J connectivity index is 1.30. The van der Waals surface area contributed by atoms with E-state index in [1.165, 1.54) is 22.5 Å². The number of carbonyl (C=O) groups excluding carboxylic acids is 1. The van der Waals surface area contributed by atoms with Crippen LogP contribution in [0.4, 0.5) is 9.93 Å². The first-order valence-electron chi connectivity index (χ1n) is 13.3. The highest BCUT2D eigenvalue weighted by Gasteiger charge is 2.21. The number of nitrogens with one attached hydrogen (secondary N) is 1. The quantitative estimate of drug-likeness (QED) is 0.230. The normalized spacial score (nSPS) is 13.9. The molecule has 202 valence electrons. The Labute approximate surface area is 239 Å². The lowest BCUT2D eigenvalue weighted by molar-refractivity contribution is 0.0351. The van der Waals surface area contributed by atoms with Gasteiger partial charge in [0.15, 0.2) is 5.13 Å². The van der Waals surface area contributed by atoms with Crippen molar-refractivity contribution in [1.82, 2.24) is 14.8 Å². The van der Waals surface area contributed by atoms with Gasteiger partial charge in [0.1, 0.15) is 0 Å². The maximum absolute atomic E-state index is 13.6. The standard InChI is InChI=1S/C31H33ClN4O2S/c32-27-13-11-26(12-14-27)29-23-39-30(33-29)34-31(37)36(18-17-35-19-21-38-22-20-35)16-15-28(24-7-3-1-4-8-24)25-9-5-2-6-10-25/h1-14,23,28H,15-22H2,(H,33,34,37). The Kier molecular flexibility index (Phi) is 9.61. The monoisotopic (exact) mass is 560 g/mol. The molecule has 8 heteroatoms. The first-order valence-corrected chi connectivity index (χ1v) is 14.6. The Bertz CT molecular complexity index is 1270. The molecule has 5 rings (SSSR count). The number of aromatic nitrogens is 1. The van der Waals surface area contributed by atoms with E-state index in [-0.39, 0.29) is 11.9 Å². The maximum atomic E-state index is 13.6. The van der Waals surface area contributed by atoms with E-state index in [4.69, 9.17) is 16.3 Å². The van der Waals surface area contributed by atoms with Gasteiger partial charge in [-0.05, 0) is 29.7 Å². The number of carbonyl (C=O) groups is 1. The Morgan fingerprint density at radius 2 is 1.59 bits per heavy atom. The largest absolute Gasteiger partial charge is 0.379 e. The summed E-state index contributed by atoms with van der Waals surface area (Å²) in [5.41, 5.74) is 4.29. The molecule has 0 unspecified atom stereocenters. The third kappa shape index (κ3) is 7.67. The summed E-state index contributed by atoms with van der Waals surface area (Å²) in [7, 11) is 0. The number of ether oxygens (including phenoxy) is 1. The van der Waals surface area contributed by atoms with Gasteiger partial charge in [-0.3, -0.25) is 10.2 Å². The fraction of sp³-hybridized carbons (Fsp3) is 0.290. The van der Waals surface area contributed by atoms with Gasteiger partial charge >= 0.3 is 6.03 Å². The lowest BCUT2D eigenvalue weighted by Gasteiger charge is -2.31. The van der Waals surface area contributed by atoms with Crippen LogP contribution in [0.2, 0.25) is 5.02 Å². The third-order valence-corrected chi connectivity index (χ3v) is 8.04. The molecule has 1 aliphatic heterocycles. The van der Waals surface area contributed by atoms with Crippen LogP contribution in [0.25, 0.3) is 11.3 Å². The zero-order valence-electron chi connectivity index (χ0n) is 21.8. The number of nitrogens with zero attached hydrogens (tertiary/aromatic N) is 3. The zero-order valence-corrected chi connectivity index (χ0v) is 23.4. The summed E-state index contributed by atoms with van der Waals surface area (Å²) in [5, 5.41) is 6.29. The molecule has 1 aromatic heterocycles. The highest BCUT2D eigenvalue weighted by molar-refractivity contribution is 7.14. The minimum atomic E-state index is -0.125. The Morgan fingerprint density at radius 1 is 0.949 bits per heavy atom. The molecule has 39 heavy (non-hydrogen) atoms. The van der Waals surface area contributed by atoms with Crippen molar-refractivity contribution in [2.24, 2.45) is 0 Å². The molecule has 0 bridgehead atoms. The molecule has 6 nitrogen and oxygen atoms in total. The van der Waals surface area contributed by atoms with Crippen LogP contribution >= 0.6 is 22.9 Å². The number of halogens is 1. The highest BCUT2D eigenvalue weighted by atomic mass is 35.5. The lowest BCUT2D eigenvalue weighted by atomic mass is 9.88. The van der Waals surface area contributed by atoms with E-state index in [0.717, 1.165) is 50.5 Å². The van der Waals surface area contributed by atoms with Crippen LogP contribution in [0.3, 0.4) is 0 Å². The molecule has 0 radical (unpaired) electrons. The summed E-state index contributed by atoms with van der Waals surface area (Å²) in [6.07, 6.45) is 0.818. The second-order valence-electron chi connectivity index (χ2n) is 9.58. The smallest absolute Gasteiger partial charge is 0.323 e. The van der Waals surface area contributed by atoms with Crippen LogP contribution in [-0.4, -0.2) is 66.8 Å². The summed E-state index contributed by atoms with van der Waals surface area (Å²) in [6.45, 7) is 5.33. The van der Waals surface area contributed by atoms with Crippen molar-refractivity contribution in [3.63, 3.8) is 0 Å². The number of morpholine rings is 1. The molecule has 0 spiro atoms. The van der Waals surface area contributed by atoms with Crippen molar-refractivity contribution >= 4 is 34.1 Å². The van der Waals surface area contributed by atoms with E-state index in [1.54, 1.807) is 0 Å². The minimum absolute atomic E-state index is 0.125. The van der Waals surface area contributed by atoms with Gasteiger partial charge in [0.05, 0.1) is 18.9 Å². The van der Waals surface area contributed by atoms with Crippen LogP contribution in [0.1, 0.15) is 23.5 Å². The predicted molar refractivity (Wildman–Crippen MR) is 160 cm³/mol. The van der Waals surface area contributed by atoms with E-state index >= 15 is 0 Å². The van der Waals surface area contributed by atoms with E-state index in [1.807, 2.05) is 46.7 Å². The number of amides is 2. The number of benzene rings is 3. The molecule has 2 heterocycles. The molecule has 3 aromatic carbocycles. The van der Waals surface area contributed by atoms with Crippen molar-refractivity contribution in [3.05, 3.63) is 106 Å². The molecule has 1 aliphatic rings. The van der Waals surface area contributed by atoms with Gasteiger partial charge < -0.3 is 9.64 Å². The SMILES string of the molecule is O=C(Nc1nc(-c2ccc(Cl)cc2)cs1)N(CCC(c1ccccc1)c1ccccc1)CCN1CCOCC1. The van der Waals surface area contributed by atoms with E-state index in [2.05, 4.69) is 63.7 Å². The maximum Gasteiger partial charge on any atom is 0.323 e. The topological polar surface area (TPSA) is 57.7 Å². The van der Waals surface area contributed by atoms with E-state index in [0.29, 0.717) is 23.2 Å². The second-order valence-corrected chi connectivity index (χ2v) is 10.9. The van der Waals surface area contributed by atoms with Gasteiger partial charge in [0, 0.05) is 54.6 Å². The van der Waals surface area contributed by atoms with Gasteiger partial charge in [-0.2, -0.15) is 0 Å². The average Bonchev–Trinajstić information content (AvgIpc) is 3.45. The van der Waals surface area contributed by atoms with Gasteiger partial charge in [-0.25, -0.2) is 9.78 Å². The lowest BCUT2D eigenvalue weighted by Crippen LogP contribution is -2.44. The molecule has 2 amide bonds. The fourth-order valence-corrected chi connectivity index (χ4v) is 5.67. The fourth-order valence-electron chi connectivity index (χ4n) is 4.84. The van der Waals surface area contributed by atoms with Crippen molar-refractivity contribution in [2.75, 3.05) is 51.3 Å². The number of hydrogen-bond donors (Lipinski definition) is 1. The Hall–Kier alpha value is -3.23. The first-order chi connectivity index (χ1) is 19.2. The molecule has 0 saturated carbocycles. The summed E-state index contributed by atoms with van der Waals surface area (Å²) >= 11 is 7.46. The molecule has 0 atom stereocenters. The molecule has 4 aromatic rings. The summed E-state index contributed by atoms with van der Waals surface area (Å²) in [5.74, 6) is 0.197. The Morgan fingerprint density at radius 3 is 2.23 bits per heavy atom. The van der Waals surface area contributed by atoms with Gasteiger partial charge in [0.25, 0.3) is 0 Å². The van der Waals surface area contributed by atoms with Crippen LogP contribution in [0.15, 0.2) is 90.3 Å². The molecule has 1 N–H and O–H groups in total. The van der Waals surface area contributed by atoms with Crippen molar-refractivity contribution in [2.45, 2.75) is 12.3 Å². The highest BCUT2D eigenvalue weighted by Crippen LogP contribution is 2.29. The third-order valence-electron chi connectivity index (χ3n) is 7.03. The minimum Gasteiger partial charge on any atom is -0.379 e. The first kappa shape index (κ1) is 27.3. The number of hydrogen-bond acceptors (Lipinski definition) is 5.